The monoisotopic (exact) mass is 432 g/mol. The Kier molecular flexibility index (Phi) is 8.50. The molecule has 0 saturated carbocycles. The zero-order valence-electron chi connectivity index (χ0n) is 18.1. The minimum Gasteiger partial charge on any atom is -0.354 e. The van der Waals surface area contributed by atoms with E-state index in [0.717, 1.165) is 48.4 Å². The van der Waals surface area contributed by atoms with Gasteiger partial charge in [-0.15, -0.1) is 12.4 Å². The van der Waals surface area contributed by atoms with Crippen molar-refractivity contribution in [1.29, 1.82) is 0 Å². The minimum absolute atomic E-state index is 0. The second kappa shape index (κ2) is 10.6. The number of amides is 2. The van der Waals surface area contributed by atoms with E-state index in [1.54, 1.807) is 0 Å². The van der Waals surface area contributed by atoms with Gasteiger partial charge in [0.25, 0.3) is 5.91 Å². The van der Waals surface area contributed by atoms with Gasteiger partial charge in [-0.05, 0) is 63.8 Å². The summed E-state index contributed by atoms with van der Waals surface area (Å²) in [5.41, 5.74) is 10.4. The van der Waals surface area contributed by atoms with Gasteiger partial charge in [-0.25, -0.2) is 0 Å². The highest BCUT2D eigenvalue weighted by Crippen LogP contribution is 2.25. The molecule has 7 heteroatoms. The first-order valence-corrected chi connectivity index (χ1v) is 10.5. The van der Waals surface area contributed by atoms with Gasteiger partial charge in [0.2, 0.25) is 5.91 Å². The number of aryl methyl sites for hydroxylation is 2. The van der Waals surface area contributed by atoms with Crippen molar-refractivity contribution in [2.24, 2.45) is 5.73 Å². The van der Waals surface area contributed by atoms with Gasteiger partial charge in [-0.2, -0.15) is 0 Å². The number of carbonyl (C=O) groups excluding carboxylic acids is 2. The highest BCUT2D eigenvalue weighted by Gasteiger charge is 2.30. The summed E-state index contributed by atoms with van der Waals surface area (Å²) in [6, 6.07) is 10.3. The van der Waals surface area contributed by atoms with Gasteiger partial charge in [0.15, 0.2) is 0 Å². The number of nitrogens with two attached hydrogens (primary N) is 1. The highest BCUT2D eigenvalue weighted by atomic mass is 35.5. The van der Waals surface area contributed by atoms with Crippen molar-refractivity contribution in [3.8, 4) is 5.69 Å². The third-order valence-corrected chi connectivity index (χ3v) is 5.72. The fourth-order valence-electron chi connectivity index (χ4n) is 4.23. The zero-order chi connectivity index (χ0) is 21.0. The Morgan fingerprint density at radius 1 is 1.17 bits per heavy atom. The fraction of sp³-hybridized carbons (Fsp3) is 0.478. The molecule has 0 aliphatic carbocycles. The molecule has 164 valence electrons. The van der Waals surface area contributed by atoms with Crippen LogP contribution in [0.2, 0.25) is 0 Å². The summed E-state index contributed by atoms with van der Waals surface area (Å²) >= 11 is 0. The highest BCUT2D eigenvalue weighted by molar-refractivity contribution is 5.96. The molecule has 6 nitrogen and oxygen atoms in total. The summed E-state index contributed by atoms with van der Waals surface area (Å²) in [4.78, 5) is 27.2. The van der Waals surface area contributed by atoms with E-state index in [1.165, 1.54) is 5.56 Å². The molecule has 1 aliphatic heterocycles. The first-order chi connectivity index (χ1) is 13.9. The van der Waals surface area contributed by atoms with Crippen molar-refractivity contribution in [3.05, 3.63) is 52.8 Å². The van der Waals surface area contributed by atoms with Crippen LogP contribution < -0.4 is 11.1 Å². The van der Waals surface area contributed by atoms with Crippen molar-refractivity contribution in [3.63, 3.8) is 0 Å². The third kappa shape index (κ3) is 5.24. The lowest BCUT2D eigenvalue weighted by molar-refractivity contribution is -0.121. The lowest BCUT2D eigenvalue weighted by Crippen LogP contribution is -2.49. The Morgan fingerprint density at radius 3 is 2.63 bits per heavy atom. The molecule has 2 aromatic rings. The molecule has 0 bridgehead atoms. The van der Waals surface area contributed by atoms with Gasteiger partial charge in [-0.3, -0.25) is 9.59 Å². The number of nitrogens with one attached hydrogen (secondary N) is 1. The average Bonchev–Trinajstić information content (AvgIpc) is 3.00. The lowest BCUT2D eigenvalue weighted by atomic mass is 10.0. The van der Waals surface area contributed by atoms with Gasteiger partial charge >= 0.3 is 0 Å². The topological polar surface area (TPSA) is 80.4 Å². The van der Waals surface area contributed by atoms with Gasteiger partial charge in [0, 0.05) is 49.2 Å². The minimum atomic E-state index is -0.0527. The molecule has 0 spiro atoms. The number of hydrogen-bond donors (Lipinski definition) is 2. The van der Waals surface area contributed by atoms with Gasteiger partial charge in [0.05, 0.1) is 5.56 Å². The molecule has 1 aromatic heterocycles. The van der Waals surface area contributed by atoms with E-state index in [4.69, 9.17) is 5.73 Å². The number of nitrogens with zero attached hydrogens (tertiary/aromatic N) is 2. The third-order valence-electron chi connectivity index (χ3n) is 5.72. The number of hydrogen-bond acceptors (Lipinski definition) is 3. The molecule has 1 saturated heterocycles. The number of carbonyl (C=O) groups is 2. The molecule has 2 amide bonds. The standard InChI is InChI=1S/C23H32N4O2.ClH/c1-16-7-6-9-19(13-16)27-17(2)14-21(18(27)3)23(29)26-12-5-4-8-20(26)15-25-22(28)10-11-24;/h6-7,9,13-14,20H,4-5,8,10-12,15,24H2,1-3H3,(H,25,28);1H. The van der Waals surface area contributed by atoms with Crippen molar-refractivity contribution in [1.82, 2.24) is 14.8 Å². The molecule has 1 unspecified atom stereocenters. The molecule has 30 heavy (non-hydrogen) atoms. The lowest BCUT2D eigenvalue weighted by Gasteiger charge is -2.36. The van der Waals surface area contributed by atoms with E-state index >= 15 is 0 Å². The maximum Gasteiger partial charge on any atom is 0.256 e. The molecule has 2 heterocycles. The summed E-state index contributed by atoms with van der Waals surface area (Å²) < 4.78 is 2.14. The number of piperidine rings is 1. The number of aromatic nitrogens is 1. The average molecular weight is 433 g/mol. The summed E-state index contributed by atoms with van der Waals surface area (Å²) in [6.45, 7) is 7.66. The summed E-state index contributed by atoms with van der Waals surface area (Å²) in [7, 11) is 0. The van der Waals surface area contributed by atoms with E-state index in [0.29, 0.717) is 19.5 Å². The number of rotatable bonds is 6. The Balaban J connectivity index is 0.00000320. The molecule has 1 atom stereocenters. The Hall–Kier alpha value is -2.31. The normalized spacial score (nSPS) is 16.1. The van der Waals surface area contributed by atoms with Crippen LogP contribution in [0.1, 0.15) is 53.0 Å². The van der Waals surface area contributed by atoms with Crippen LogP contribution in [-0.4, -0.2) is 47.0 Å². The van der Waals surface area contributed by atoms with Crippen molar-refractivity contribution >= 4 is 24.2 Å². The molecule has 3 rings (SSSR count). The van der Waals surface area contributed by atoms with Crippen LogP contribution in [-0.2, 0) is 4.79 Å². The Bertz CT molecular complexity index is 893. The second-order valence-electron chi connectivity index (χ2n) is 7.95. The van der Waals surface area contributed by atoms with Gasteiger partial charge in [-0.1, -0.05) is 12.1 Å². The SMILES string of the molecule is Cc1cccc(-n2c(C)cc(C(=O)N3CCCCC3CNC(=O)CCN)c2C)c1.Cl. The number of halogens is 1. The predicted octanol–water partition coefficient (Wildman–Crippen LogP) is 3.28. The quantitative estimate of drug-likeness (QED) is 0.735. The zero-order valence-corrected chi connectivity index (χ0v) is 18.9. The van der Waals surface area contributed by atoms with E-state index in [2.05, 4.69) is 35.0 Å². The predicted molar refractivity (Wildman–Crippen MR) is 123 cm³/mol. The van der Waals surface area contributed by atoms with E-state index < -0.39 is 0 Å². The van der Waals surface area contributed by atoms with Crippen molar-refractivity contribution in [2.75, 3.05) is 19.6 Å². The van der Waals surface area contributed by atoms with Crippen LogP contribution >= 0.6 is 12.4 Å². The number of likely N-dealkylation sites (tertiary alicyclic amines) is 1. The second-order valence-corrected chi connectivity index (χ2v) is 7.95. The number of benzene rings is 1. The molecule has 3 N–H and O–H groups in total. The van der Waals surface area contributed by atoms with Gasteiger partial charge < -0.3 is 20.5 Å². The van der Waals surface area contributed by atoms with Crippen molar-refractivity contribution in [2.45, 2.75) is 52.5 Å². The molecule has 1 aliphatic rings. The summed E-state index contributed by atoms with van der Waals surface area (Å²) in [5, 5.41) is 2.93. The molecule has 1 aromatic carbocycles. The van der Waals surface area contributed by atoms with Crippen LogP contribution in [0.25, 0.3) is 5.69 Å². The molecule has 1 fully saturated rings. The summed E-state index contributed by atoms with van der Waals surface area (Å²) in [6.07, 6.45) is 3.29. The smallest absolute Gasteiger partial charge is 0.256 e. The van der Waals surface area contributed by atoms with Crippen molar-refractivity contribution < 1.29 is 9.59 Å². The van der Waals surface area contributed by atoms with Crippen LogP contribution in [0.15, 0.2) is 30.3 Å². The fourth-order valence-corrected chi connectivity index (χ4v) is 4.23. The molecular weight excluding hydrogens is 400 g/mol. The van der Waals surface area contributed by atoms with Crippen LogP contribution in [0, 0.1) is 20.8 Å². The first kappa shape index (κ1) is 24.0. The van der Waals surface area contributed by atoms with E-state index in [-0.39, 0.29) is 30.3 Å². The maximum atomic E-state index is 13.4. The largest absolute Gasteiger partial charge is 0.354 e. The Labute approximate surface area is 185 Å². The van der Waals surface area contributed by atoms with Gasteiger partial charge in [0.1, 0.15) is 0 Å². The maximum absolute atomic E-state index is 13.4. The van der Waals surface area contributed by atoms with Crippen LogP contribution in [0.4, 0.5) is 0 Å². The first-order valence-electron chi connectivity index (χ1n) is 10.5. The van der Waals surface area contributed by atoms with Crippen LogP contribution in [0.5, 0.6) is 0 Å². The summed E-state index contributed by atoms with van der Waals surface area (Å²) in [5.74, 6) is -0.00197. The molecule has 0 radical (unpaired) electrons. The van der Waals surface area contributed by atoms with E-state index in [9.17, 15) is 9.59 Å². The van der Waals surface area contributed by atoms with E-state index in [1.807, 2.05) is 30.9 Å². The molecular formula is C23H33ClN4O2. The Morgan fingerprint density at radius 2 is 1.93 bits per heavy atom. The van der Waals surface area contributed by atoms with Crippen LogP contribution in [0.3, 0.4) is 0 Å².